The van der Waals surface area contributed by atoms with Crippen molar-refractivity contribution in [3.05, 3.63) is 57.9 Å². The van der Waals surface area contributed by atoms with Gasteiger partial charge in [-0.25, -0.2) is 30.7 Å². The van der Waals surface area contributed by atoms with Crippen LogP contribution in [-0.4, -0.2) is 44.1 Å². The molecule has 0 N–H and O–H groups in total. The van der Waals surface area contributed by atoms with Gasteiger partial charge in [-0.15, -0.1) is 0 Å². The number of benzene rings is 2. The van der Waals surface area contributed by atoms with Gasteiger partial charge >= 0.3 is 0 Å². The number of carbonyl (C=O) groups is 1. The van der Waals surface area contributed by atoms with Gasteiger partial charge in [0, 0.05) is 26.2 Å². The van der Waals surface area contributed by atoms with Gasteiger partial charge in [-0.3, -0.25) is 4.79 Å². The molecule has 13 heteroatoms. The van der Waals surface area contributed by atoms with Crippen molar-refractivity contribution in [1.82, 2.24) is 4.90 Å². The second-order valence-corrected chi connectivity index (χ2v) is 6.36. The minimum Gasteiger partial charge on any atom is -0.491 e. The van der Waals surface area contributed by atoms with E-state index in [1.807, 2.05) is 0 Å². The van der Waals surface area contributed by atoms with Gasteiger partial charge in [0.15, 0.2) is 40.7 Å². The first-order chi connectivity index (χ1) is 14.5. The van der Waals surface area contributed by atoms with Crippen molar-refractivity contribution < 1.29 is 49.0 Å². The van der Waals surface area contributed by atoms with Crippen molar-refractivity contribution >= 4 is 11.6 Å². The van der Waals surface area contributed by atoms with E-state index in [0.717, 1.165) is 12.0 Å². The van der Waals surface area contributed by atoms with Crippen molar-refractivity contribution in [2.75, 3.05) is 38.2 Å². The SMILES string of the molecule is COc1c(F)c(F)c(C(=O)N2CCN(c3c(F)c(F)c(F)c(F)c3F)CC2)c(F)c1F. The van der Waals surface area contributed by atoms with E-state index in [9.17, 15) is 44.3 Å². The summed E-state index contributed by atoms with van der Waals surface area (Å²) in [6.45, 7) is -2.03. The number of anilines is 1. The van der Waals surface area contributed by atoms with Gasteiger partial charge in [0.1, 0.15) is 11.3 Å². The molecule has 0 unspecified atom stereocenters. The summed E-state index contributed by atoms with van der Waals surface area (Å²) in [5, 5.41) is 0. The summed E-state index contributed by atoms with van der Waals surface area (Å²) >= 11 is 0. The molecule has 0 bridgehead atoms. The molecule has 31 heavy (non-hydrogen) atoms. The molecule has 0 aliphatic carbocycles. The van der Waals surface area contributed by atoms with Gasteiger partial charge in [0.05, 0.1) is 7.11 Å². The Morgan fingerprint density at radius 3 is 1.48 bits per heavy atom. The first-order valence-corrected chi connectivity index (χ1v) is 8.48. The fraction of sp³-hybridized carbons (Fsp3) is 0.278. The van der Waals surface area contributed by atoms with E-state index in [1.54, 1.807) is 0 Å². The number of nitrogens with zero attached hydrogens (tertiary/aromatic N) is 2. The Balaban J connectivity index is 1.87. The van der Waals surface area contributed by atoms with Gasteiger partial charge in [-0.2, -0.15) is 8.78 Å². The van der Waals surface area contributed by atoms with Gasteiger partial charge in [-0.1, -0.05) is 0 Å². The Kier molecular flexibility index (Phi) is 5.96. The zero-order valence-electron chi connectivity index (χ0n) is 15.4. The number of hydrogen-bond donors (Lipinski definition) is 0. The molecule has 1 saturated heterocycles. The lowest BCUT2D eigenvalue weighted by atomic mass is 10.1. The maximum Gasteiger partial charge on any atom is 0.260 e. The topological polar surface area (TPSA) is 32.8 Å². The van der Waals surface area contributed by atoms with E-state index in [1.165, 1.54) is 0 Å². The lowest BCUT2D eigenvalue weighted by molar-refractivity contribution is 0.0733. The van der Waals surface area contributed by atoms with E-state index >= 15 is 0 Å². The molecule has 0 aromatic heterocycles. The summed E-state index contributed by atoms with van der Waals surface area (Å²) in [6.07, 6.45) is 0. The van der Waals surface area contributed by atoms with Crippen LogP contribution in [0.2, 0.25) is 0 Å². The molecule has 1 amide bonds. The molecule has 1 aliphatic rings. The number of hydrogen-bond acceptors (Lipinski definition) is 3. The van der Waals surface area contributed by atoms with Crippen LogP contribution in [0.4, 0.5) is 45.2 Å². The molecular formula is C18H11F9N2O2. The van der Waals surface area contributed by atoms with E-state index in [4.69, 9.17) is 0 Å². The molecule has 2 aromatic carbocycles. The number of ether oxygens (including phenoxy) is 1. The number of carbonyl (C=O) groups excluding carboxylic acids is 1. The Bertz CT molecular complexity index is 1010. The molecule has 4 nitrogen and oxygen atoms in total. The normalized spacial score (nSPS) is 14.3. The summed E-state index contributed by atoms with van der Waals surface area (Å²) in [6, 6.07) is 0. The average molecular weight is 458 g/mol. The first-order valence-electron chi connectivity index (χ1n) is 8.48. The van der Waals surface area contributed by atoms with Crippen LogP contribution in [0.5, 0.6) is 5.75 Å². The minimum absolute atomic E-state index is 0.506. The third kappa shape index (κ3) is 3.51. The lowest BCUT2D eigenvalue weighted by Crippen LogP contribution is -2.49. The van der Waals surface area contributed by atoms with Crippen LogP contribution in [0, 0.1) is 52.4 Å². The van der Waals surface area contributed by atoms with E-state index in [2.05, 4.69) is 4.74 Å². The standard InChI is InChI=1S/C18H11F9N2O2/c1-31-17-14(26)7(19)6(8(20)15(17)27)18(30)29-4-2-28(3-5-29)16-12(24)10(22)9(21)11(23)13(16)25/h2-5H2,1H3. The van der Waals surface area contributed by atoms with Gasteiger partial charge < -0.3 is 14.5 Å². The van der Waals surface area contributed by atoms with Crippen LogP contribution in [0.15, 0.2) is 0 Å². The molecule has 0 spiro atoms. The molecule has 1 aliphatic heterocycles. The average Bonchev–Trinajstić information content (AvgIpc) is 2.76. The second-order valence-electron chi connectivity index (χ2n) is 6.36. The fourth-order valence-electron chi connectivity index (χ4n) is 3.14. The Labute approximate surface area is 168 Å². The molecule has 3 rings (SSSR count). The zero-order chi connectivity index (χ0) is 23.2. The van der Waals surface area contributed by atoms with Crippen molar-refractivity contribution in [1.29, 1.82) is 0 Å². The molecule has 0 saturated carbocycles. The molecule has 0 radical (unpaired) electrons. The third-order valence-electron chi connectivity index (χ3n) is 4.71. The van der Waals surface area contributed by atoms with Crippen molar-refractivity contribution in [3.63, 3.8) is 0 Å². The summed E-state index contributed by atoms with van der Waals surface area (Å²) in [7, 11) is 0.750. The van der Waals surface area contributed by atoms with Crippen LogP contribution in [0.3, 0.4) is 0 Å². The van der Waals surface area contributed by atoms with Gasteiger partial charge in [-0.05, 0) is 0 Å². The minimum atomic E-state index is -2.35. The molecule has 2 aromatic rings. The van der Waals surface area contributed by atoms with Crippen LogP contribution < -0.4 is 9.64 Å². The fourth-order valence-corrected chi connectivity index (χ4v) is 3.14. The summed E-state index contributed by atoms with van der Waals surface area (Å²) in [5.74, 6) is -21.6. The van der Waals surface area contributed by atoms with E-state index < -0.39 is 101 Å². The zero-order valence-corrected chi connectivity index (χ0v) is 15.4. The van der Waals surface area contributed by atoms with Gasteiger partial charge in [0.25, 0.3) is 5.91 Å². The van der Waals surface area contributed by atoms with Crippen LogP contribution in [0.1, 0.15) is 10.4 Å². The monoisotopic (exact) mass is 458 g/mol. The van der Waals surface area contributed by atoms with Crippen molar-refractivity contribution in [2.24, 2.45) is 0 Å². The summed E-state index contributed by atoms with van der Waals surface area (Å²) in [4.78, 5) is 13.9. The predicted octanol–water partition coefficient (Wildman–Crippen LogP) is 3.91. The first kappa shape index (κ1) is 22.6. The third-order valence-corrected chi connectivity index (χ3v) is 4.71. The van der Waals surface area contributed by atoms with E-state index in [0.29, 0.717) is 4.90 Å². The Hall–Kier alpha value is -3.12. The Morgan fingerprint density at radius 2 is 1.06 bits per heavy atom. The maximum absolute atomic E-state index is 14.1. The van der Waals surface area contributed by atoms with Crippen molar-refractivity contribution in [2.45, 2.75) is 0 Å². The molecule has 1 heterocycles. The highest BCUT2D eigenvalue weighted by molar-refractivity contribution is 5.95. The van der Waals surface area contributed by atoms with Crippen LogP contribution >= 0.6 is 0 Å². The van der Waals surface area contributed by atoms with Gasteiger partial charge in [0.2, 0.25) is 17.5 Å². The molecule has 1 fully saturated rings. The smallest absolute Gasteiger partial charge is 0.260 e. The van der Waals surface area contributed by atoms with Crippen LogP contribution in [0.25, 0.3) is 0 Å². The maximum atomic E-state index is 14.1. The molecular weight excluding hydrogens is 447 g/mol. The number of piperazine rings is 1. The van der Waals surface area contributed by atoms with E-state index in [-0.39, 0.29) is 0 Å². The Morgan fingerprint density at radius 1 is 0.645 bits per heavy atom. The highest BCUT2D eigenvalue weighted by Crippen LogP contribution is 2.33. The molecule has 168 valence electrons. The lowest BCUT2D eigenvalue weighted by Gasteiger charge is -2.36. The quantitative estimate of drug-likeness (QED) is 0.398. The summed E-state index contributed by atoms with van der Waals surface area (Å²) in [5.41, 5.74) is -2.79. The highest BCUT2D eigenvalue weighted by atomic mass is 19.2. The highest BCUT2D eigenvalue weighted by Gasteiger charge is 2.35. The number of methoxy groups -OCH3 is 1. The number of halogens is 9. The number of rotatable bonds is 3. The second kappa shape index (κ2) is 8.19. The number of amides is 1. The van der Waals surface area contributed by atoms with Crippen molar-refractivity contribution in [3.8, 4) is 5.75 Å². The predicted molar refractivity (Wildman–Crippen MR) is 87.2 cm³/mol. The summed E-state index contributed by atoms with van der Waals surface area (Å²) < 4.78 is 128. The van der Waals surface area contributed by atoms with Crippen LogP contribution in [-0.2, 0) is 0 Å². The largest absolute Gasteiger partial charge is 0.491 e. The molecule has 0 atom stereocenters.